The quantitative estimate of drug-likeness (QED) is 0.0771. The van der Waals surface area contributed by atoms with Gasteiger partial charge in [0, 0.05) is 32.1 Å². The van der Waals surface area contributed by atoms with E-state index >= 15 is 0 Å². The highest BCUT2D eigenvalue weighted by molar-refractivity contribution is 5.97. The van der Waals surface area contributed by atoms with Gasteiger partial charge in [-0.15, -0.1) is 0 Å². The minimum atomic E-state index is -0.437. The predicted molar refractivity (Wildman–Crippen MR) is 175 cm³/mol. The van der Waals surface area contributed by atoms with Gasteiger partial charge < -0.3 is 44.0 Å². The molecule has 2 N–H and O–H groups in total. The number of methoxy groups -OCH3 is 1. The fraction of sp³-hybridized carbons (Fsp3) is 0.647. The SMILES string of the molecule is COc1ccc(C2CC(C(=O)NCCOCCOCCOCCOCCOCCNC=O)CN(C(=O)/C(C#N)=C/C(C)(C)C)C2)cc1. The van der Waals surface area contributed by atoms with E-state index in [1.54, 1.807) is 18.1 Å². The highest BCUT2D eigenvalue weighted by atomic mass is 16.6. The molecule has 47 heavy (non-hydrogen) atoms. The van der Waals surface area contributed by atoms with Crippen molar-refractivity contribution in [3.8, 4) is 11.8 Å². The molecule has 1 fully saturated rings. The summed E-state index contributed by atoms with van der Waals surface area (Å²) in [7, 11) is 1.60. The Balaban J connectivity index is 1.68. The van der Waals surface area contributed by atoms with Gasteiger partial charge in [-0.05, 0) is 29.5 Å². The number of nitrogens with one attached hydrogen (secondary N) is 2. The third-order valence-corrected chi connectivity index (χ3v) is 7.13. The Kier molecular flexibility index (Phi) is 19.3. The second kappa shape index (κ2) is 22.9. The first-order chi connectivity index (χ1) is 22.7. The zero-order valence-corrected chi connectivity index (χ0v) is 28.3. The van der Waals surface area contributed by atoms with Crippen molar-refractivity contribution in [2.75, 3.05) is 99.4 Å². The molecular formula is C34H52N4O9. The van der Waals surface area contributed by atoms with Crippen LogP contribution in [0.5, 0.6) is 5.75 Å². The lowest BCUT2D eigenvalue weighted by Crippen LogP contribution is -2.48. The molecule has 1 aromatic carbocycles. The number of amides is 3. The molecule has 3 amide bonds. The average Bonchev–Trinajstić information content (AvgIpc) is 3.07. The lowest BCUT2D eigenvalue weighted by molar-refractivity contribution is -0.133. The summed E-state index contributed by atoms with van der Waals surface area (Å²) in [6, 6.07) is 9.71. The van der Waals surface area contributed by atoms with E-state index < -0.39 is 5.92 Å². The van der Waals surface area contributed by atoms with Crippen LogP contribution in [0.4, 0.5) is 0 Å². The Labute approximate surface area is 278 Å². The molecule has 0 radical (unpaired) electrons. The minimum Gasteiger partial charge on any atom is -0.497 e. The van der Waals surface area contributed by atoms with E-state index in [9.17, 15) is 19.6 Å². The number of piperidine rings is 1. The number of benzene rings is 1. The molecule has 0 aliphatic carbocycles. The maximum absolute atomic E-state index is 13.4. The topological polar surface area (TPSA) is 158 Å². The molecule has 0 saturated carbocycles. The minimum absolute atomic E-state index is 0.0723. The Bertz CT molecular complexity index is 1130. The molecule has 1 aliphatic heterocycles. The molecule has 1 aromatic rings. The van der Waals surface area contributed by atoms with Gasteiger partial charge in [0.25, 0.3) is 5.91 Å². The van der Waals surface area contributed by atoms with Crippen molar-refractivity contribution in [3.63, 3.8) is 0 Å². The molecule has 13 heteroatoms. The normalized spacial score (nSPS) is 16.7. The van der Waals surface area contributed by atoms with Gasteiger partial charge in [0.15, 0.2) is 0 Å². The van der Waals surface area contributed by atoms with Crippen LogP contribution in [0.1, 0.15) is 38.7 Å². The van der Waals surface area contributed by atoms with Crippen LogP contribution in [0.3, 0.4) is 0 Å². The van der Waals surface area contributed by atoms with E-state index in [1.165, 1.54) is 0 Å². The van der Waals surface area contributed by atoms with E-state index in [4.69, 9.17) is 28.4 Å². The highest BCUT2D eigenvalue weighted by Gasteiger charge is 2.35. The van der Waals surface area contributed by atoms with Crippen LogP contribution < -0.4 is 15.4 Å². The van der Waals surface area contributed by atoms with Crippen LogP contribution in [0.2, 0.25) is 0 Å². The highest BCUT2D eigenvalue weighted by Crippen LogP contribution is 2.32. The summed E-state index contributed by atoms with van der Waals surface area (Å²) < 4.78 is 32.5. The fourth-order valence-electron chi connectivity index (χ4n) is 4.88. The van der Waals surface area contributed by atoms with E-state index in [0.29, 0.717) is 98.5 Å². The van der Waals surface area contributed by atoms with Crippen molar-refractivity contribution < 1.29 is 42.8 Å². The number of likely N-dealkylation sites (tertiary alicyclic amines) is 1. The predicted octanol–water partition coefficient (Wildman–Crippen LogP) is 2.07. The molecule has 1 saturated heterocycles. The van der Waals surface area contributed by atoms with Crippen LogP contribution in [-0.4, -0.2) is 122 Å². The number of carbonyl (C=O) groups excluding carboxylic acids is 3. The number of carbonyl (C=O) groups is 3. The smallest absolute Gasteiger partial charge is 0.264 e. The second-order valence-electron chi connectivity index (χ2n) is 12.1. The van der Waals surface area contributed by atoms with Gasteiger partial charge in [0.2, 0.25) is 12.3 Å². The summed E-state index contributed by atoms with van der Waals surface area (Å²) in [6.07, 6.45) is 2.89. The van der Waals surface area contributed by atoms with E-state index in [2.05, 4.69) is 16.7 Å². The Morgan fingerprint density at radius 2 is 1.40 bits per heavy atom. The van der Waals surface area contributed by atoms with Gasteiger partial charge in [0.05, 0.1) is 79.1 Å². The van der Waals surface area contributed by atoms with Crippen LogP contribution in [0, 0.1) is 22.7 Å². The molecule has 1 aliphatic rings. The van der Waals surface area contributed by atoms with Crippen molar-refractivity contribution in [1.82, 2.24) is 15.5 Å². The molecule has 1 heterocycles. The zero-order valence-electron chi connectivity index (χ0n) is 28.3. The van der Waals surface area contributed by atoms with Crippen molar-refractivity contribution in [2.45, 2.75) is 33.1 Å². The van der Waals surface area contributed by atoms with Crippen LogP contribution in [0.25, 0.3) is 0 Å². The molecule has 13 nitrogen and oxygen atoms in total. The zero-order chi connectivity index (χ0) is 34.3. The number of allylic oxidation sites excluding steroid dienone is 1. The first-order valence-electron chi connectivity index (χ1n) is 16.1. The maximum atomic E-state index is 13.4. The molecular weight excluding hydrogens is 608 g/mol. The molecule has 2 unspecified atom stereocenters. The Morgan fingerprint density at radius 3 is 1.89 bits per heavy atom. The average molecular weight is 661 g/mol. The lowest BCUT2D eigenvalue weighted by Gasteiger charge is -2.37. The summed E-state index contributed by atoms with van der Waals surface area (Å²) in [5.41, 5.74) is 0.748. The fourth-order valence-corrected chi connectivity index (χ4v) is 4.88. The summed E-state index contributed by atoms with van der Waals surface area (Å²) >= 11 is 0. The summed E-state index contributed by atoms with van der Waals surface area (Å²) in [5.74, 6) is -0.291. The molecule has 2 rings (SSSR count). The standard InChI is InChI=1S/C34H52N4O9/c1-34(2,3)22-30(23-35)33(41)38-24-28(27-5-7-31(42-4)8-6-27)21-29(25-38)32(40)37-10-12-44-14-16-46-18-20-47-19-17-45-15-13-43-11-9-36-26-39/h5-8,22,26,28-29H,9-21,24-25H2,1-4H3,(H,36,39)(H,37,40)/b30-22+. The van der Waals surface area contributed by atoms with Crippen molar-refractivity contribution in [2.24, 2.45) is 11.3 Å². The maximum Gasteiger partial charge on any atom is 0.264 e. The first-order valence-corrected chi connectivity index (χ1v) is 16.1. The number of ether oxygens (including phenoxy) is 6. The number of hydrogen-bond donors (Lipinski definition) is 2. The van der Waals surface area contributed by atoms with Gasteiger partial charge in [-0.2, -0.15) is 5.26 Å². The van der Waals surface area contributed by atoms with Crippen LogP contribution in [-0.2, 0) is 38.1 Å². The molecule has 262 valence electrons. The van der Waals surface area contributed by atoms with Gasteiger partial charge in [-0.1, -0.05) is 39.0 Å². The van der Waals surface area contributed by atoms with E-state index in [0.717, 1.165) is 11.3 Å². The largest absolute Gasteiger partial charge is 0.497 e. The third-order valence-electron chi connectivity index (χ3n) is 7.13. The van der Waals surface area contributed by atoms with E-state index in [1.807, 2.05) is 45.0 Å². The van der Waals surface area contributed by atoms with Gasteiger partial charge in [-0.3, -0.25) is 14.4 Å². The van der Waals surface area contributed by atoms with E-state index in [-0.39, 0.29) is 35.3 Å². The van der Waals surface area contributed by atoms with Crippen LogP contribution in [0.15, 0.2) is 35.9 Å². The van der Waals surface area contributed by atoms with Gasteiger partial charge >= 0.3 is 0 Å². The second-order valence-corrected chi connectivity index (χ2v) is 12.1. The molecule has 0 bridgehead atoms. The van der Waals surface area contributed by atoms with Crippen molar-refractivity contribution in [1.29, 1.82) is 5.26 Å². The monoisotopic (exact) mass is 660 g/mol. The van der Waals surface area contributed by atoms with Gasteiger partial charge in [-0.25, -0.2) is 0 Å². The summed E-state index contributed by atoms with van der Waals surface area (Å²) in [4.78, 5) is 38.4. The number of hydrogen-bond acceptors (Lipinski definition) is 10. The van der Waals surface area contributed by atoms with Crippen LogP contribution >= 0.6 is 0 Å². The van der Waals surface area contributed by atoms with Crippen molar-refractivity contribution in [3.05, 3.63) is 41.5 Å². The van der Waals surface area contributed by atoms with Gasteiger partial charge in [0.1, 0.15) is 17.4 Å². The first kappa shape index (κ1) is 39.6. The van der Waals surface area contributed by atoms with Crippen molar-refractivity contribution >= 4 is 18.2 Å². The summed E-state index contributed by atoms with van der Waals surface area (Å²) in [5, 5.41) is 15.2. The third kappa shape index (κ3) is 16.7. The number of nitriles is 1. The lowest BCUT2D eigenvalue weighted by atomic mass is 9.83. The Hall–Kier alpha value is -3.54. The number of nitrogens with zero attached hydrogens (tertiary/aromatic N) is 2. The molecule has 0 spiro atoms. The molecule has 0 aromatic heterocycles. The molecule has 2 atom stereocenters. The Morgan fingerprint density at radius 1 is 0.872 bits per heavy atom. The summed E-state index contributed by atoms with van der Waals surface area (Å²) in [6.45, 7) is 11.5. The number of rotatable bonds is 23.